The smallest absolute Gasteiger partial charge is 0.0831 e. The number of β-amino-alcohol motifs (C(OH)–C–C–N with tert-alkyl or cyclic N) is 1. The van der Waals surface area contributed by atoms with E-state index in [-0.39, 0.29) is 0 Å². The van der Waals surface area contributed by atoms with E-state index in [1.807, 2.05) is 11.3 Å². The SMILES string of the molecule is OC1(Cc2cc3c(s2)CCC3)CCNC1. The van der Waals surface area contributed by atoms with Crippen LogP contribution in [-0.4, -0.2) is 23.8 Å². The van der Waals surface area contributed by atoms with Crippen molar-refractivity contribution < 1.29 is 5.11 Å². The van der Waals surface area contributed by atoms with Gasteiger partial charge in [-0.05, 0) is 43.9 Å². The number of thiophene rings is 1. The Morgan fingerprint density at radius 3 is 3.13 bits per heavy atom. The first kappa shape index (κ1) is 9.82. The van der Waals surface area contributed by atoms with Crippen LogP contribution in [0.5, 0.6) is 0 Å². The lowest BCUT2D eigenvalue weighted by Gasteiger charge is -2.19. The molecule has 15 heavy (non-hydrogen) atoms. The number of hydrogen-bond donors (Lipinski definition) is 2. The zero-order valence-corrected chi connectivity index (χ0v) is 9.70. The van der Waals surface area contributed by atoms with E-state index in [1.54, 1.807) is 10.4 Å². The summed E-state index contributed by atoms with van der Waals surface area (Å²) in [6, 6.07) is 2.32. The van der Waals surface area contributed by atoms with Crippen molar-refractivity contribution in [3.05, 3.63) is 21.4 Å². The van der Waals surface area contributed by atoms with E-state index in [0.717, 1.165) is 25.9 Å². The molecule has 2 nitrogen and oxygen atoms in total. The minimum atomic E-state index is -0.474. The number of aryl methyl sites for hydroxylation is 2. The molecule has 3 heteroatoms. The van der Waals surface area contributed by atoms with Gasteiger partial charge < -0.3 is 10.4 Å². The average Bonchev–Trinajstić information content (AvgIpc) is 2.80. The molecule has 2 heterocycles. The van der Waals surface area contributed by atoms with Gasteiger partial charge in [0.15, 0.2) is 0 Å². The molecule has 1 saturated heterocycles. The van der Waals surface area contributed by atoms with Gasteiger partial charge in [-0.3, -0.25) is 0 Å². The third kappa shape index (κ3) is 1.84. The summed E-state index contributed by atoms with van der Waals surface area (Å²) in [5, 5.41) is 13.5. The number of nitrogens with one attached hydrogen (secondary N) is 1. The minimum Gasteiger partial charge on any atom is -0.388 e. The molecule has 82 valence electrons. The van der Waals surface area contributed by atoms with Crippen molar-refractivity contribution in [3.63, 3.8) is 0 Å². The molecular formula is C12H17NOS. The predicted molar refractivity (Wildman–Crippen MR) is 62.5 cm³/mol. The first-order valence-electron chi connectivity index (χ1n) is 5.79. The van der Waals surface area contributed by atoms with Crippen LogP contribution in [0.15, 0.2) is 6.07 Å². The Hall–Kier alpha value is -0.380. The summed E-state index contributed by atoms with van der Waals surface area (Å²) in [5.74, 6) is 0. The normalized spacial score (nSPS) is 29.7. The summed E-state index contributed by atoms with van der Waals surface area (Å²) in [5.41, 5.74) is 1.07. The fourth-order valence-electron chi connectivity index (χ4n) is 2.68. The highest BCUT2D eigenvalue weighted by atomic mass is 32.1. The monoisotopic (exact) mass is 223 g/mol. The lowest BCUT2D eigenvalue weighted by molar-refractivity contribution is 0.0627. The minimum absolute atomic E-state index is 0.474. The van der Waals surface area contributed by atoms with Crippen molar-refractivity contribution in [2.75, 3.05) is 13.1 Å². The summed E-state index contributed by atoms with van der Waals surface area (Å²) in [6.07, 6.45) is 5.58. The van der Waals surface area contributed by atoms with Crippen LogP contribution in [0.1, 0.15) is 28.2 Å². The molecule has 0 aromatic carbocycles. The third-order valence-electron chi connectivity index (χ3n) is 3.52. The highest BCUT2D eigenvalue weighted by Gasteiger charge is 2.32. The molecule has 1 atom stereocenters. The Morgan fingerprint density at radius 2 is 2.40 bits per heavy atom. The second kappa shape index (κ2) is 3.58. The molecule has 0 bridgehead atoms. The zero-order valence-electron chi connectivity index (χ0n) is 8.88. The molecule has 2 aliphatic rings. The van der Waals surface area contributed by atoms with Gasteiger partial charge >= 0.3 is 0 Å². The molecular weight excluding hydrogens is 206 g/mol. The topological polar surface area (TPSA) is 32.3 Å². The van der Waals surface area contributed by atoms with Crippen LogP contribution in [-0.2, 0) is 19.3 Å². The summed E-state index contributed by atoms with van der Waals surface area (Å²) in [6.45, 7) is 1.72. The van der Waals surface area contributed by atoms with Crippen LogP contribution in [0.2, 0.25) is 0 Å². The Labute approximate surface area is 94.3 Å². The first-order valence-corrected chi connectivity index (χ1v) is 6.60. The Morgan fingerprint density at radius 1 is 1.47 bits per heavy atom. The van der Waals surface area contributed by atoms with Crippen LogP contribution in [0.4, 0.5) is 0 Å². The van der Waals surface area contributed by atoms with Crippen LogP contribution in [0.3, 0.4) is 0 Å². The van der Waals surface area contributed by atoms with E-state index in [1.165, 1.54) is 24.1 Å². The van der Waals surface area contributed by atoms with E-state index in [9.17, 15) is 5.11 Å². The van der Waals surface area contributed by atoms with Gasteiger partial charge in [-0.2, -0.15) is 0 Å². The molecule has 2 N–H and O–H groups in total. The number of rotatable bonds is 2. The van der Waals surface area contributed by atoms with Crippen LogP contribution in [0, 0.1) is 0 Å². The Kier molecular flexibility index (Phi) is 2.34. The standard InChI is InChI=1S/C12H17NOS/c14-12(4-5-13-8-12)7-10-6-9-2-1-3-11(9)15-10/h6,13-14H,1-5,7-8H2. The Balaban J connectivity index is 1.76. The molecule has 1 aromatic rings. The van der Waals surface area contributed by atoms with Crippen molar-refractivity contribution in [2.45, 2.75) is 37.7 Å². The molecule has 0 radical (unpaired) electrons. The summed E-state index contributed by atoms with van der Waals surface area (Å²) >= 11 is 1.92. The zero-order chi connectivity index (χ0) is 10.3. The van der Waals surface area contributed by atoms with Crippen LogP contribution in [0.25, 0.3) is 0 Å². The second-order valence-corrected chi connectivity index (χ2v) is 6.06. The van der Waals surface area contributed by atoms with Crippen molar-refractivity contribution in [1.82, 2.24) is 5.32 Å². The summed E-state index contributed by atoms with van der Waals surface area (Å²) < 4.78 is 0. The molecule has 1 unspecified atom stereocenters. The molecule has 0 spiro atoms. The van der Waals surface area contributed by atoms with E-state index in [2.05, 4.69) is 11.4 Å². The fourth-order valence-corrected chi connectivity index (χ4v) is 4.08. The maximum absolute atomic E-state index is 10.3. The fraction of sp³-hybridized carbons (Fsp3) is 0.667. The lowest BCUT2D eigenvalue weighted by atomic mass is 9.98. The summed E-state index contributed by atoms with van der Waals surface area (Å²) in [4.78, 5) is 2.95. The second-order valence-electron chi connectivity index (χ2n) is 4.84. The molecule has 1 aliphatic heterocycles. The van der Waals surface area contributed by atoms with Crippen LogP contribution >= 0.6 is 11.3 Å². The van der Waals surface area contributed by atoms with Crippen molar-refractivity contribution in [3.8, 4) is 0 Å². The van der Waals surface area contributed by atoms with E-state index in [0.29, 0.717) is 0 Å². The molecule has 3 rings (SSSR count). The maximum Gasteiger partial charge on any atom is 0.0831 e. The molecule has 1 aromatic heterocycles. The van der Waals surface area contributed by atoms with Gasteiger partial charge in [0.1, 0.15) is 0 Å². The van der Waals surface area contributed by atoms with Crippen molar-refractivity contribution in [2.24, 2.45) is 0 Å². The largest absolute Gasteiger partial charge is 0.388 e. The van der Waals surface area contributed by atoms with E-state index >= 15 is 0 Å². The van der Waals surface area contributed by atoms with Gasteiger partial charge in [0, 0.05) is 22.7 Å². The predicted octanol–water partition coefficient (Wildman–Crippen LogP) is 1.50. The van der Waals surface area contributed by atoms with Gasteiger partial charge in [0.2, 0.25) is 0 Å². The van der Waals surface area contributed by atoms with Gasteiger partial charge in [0.05, 0.1) is 5.60 Å². The highest BCUT2D eigenvalue weighted by Crippen LogP contribution is 2.33. The average molecular weight is 223 g/mol. The van der Waals surface area contributed by atoms with E-state index < -0.39 is 5.60 Å². The number of hydrogen-bond acceptors (Lipinski definition) is 3. The molecule has 1 fully saturated rings. The lowest BCUT2D eigenvalue weighted by Crippen LogP contribution is -2.33. The maximum atomic E-state index is 10.3. The third-order valence-corrected chi connectivity index (χ3v) is 4.76. The van der Waals surface area contributed by atoms with Crippen LogP contribution < -0.4 is 5.32 Å². The van der Waals surface area contributed by atoms with Gasteiger partial charge in [0.25, 0.3) is 0 Å². The van der Waals surface area contributed by atoms with Gasteiger partial charge in [-0.25, -0.2) is 0 Å². The van der Waals surface area contributed by atoms with Gasteiger partial charge in [-0.15, -0.1) is 11.3 Å². The highest BCUT2D eigenvalue weighted by molar-refractivity contribution is 7.12. The van der Waals surface area contributed by atoms with Crippen molar-refractivity contribution in [1.29, 1.82) is 0 Å². The molecule has 1 aliphatic carbocycles. The number of fused-ring (bicyclic) bond motifs is 1. The first-order chi connectivity index (χ1) is 7.25. The van der Waals surface area contributed by atoms with Gasteiger partial charge in [-0.1, -0.05) is 0 Å². The quantitative estimate of drug-likeness (QED) is 0.796. The molecule has 0 amide bonds. The number of aliphatic hydroxyl groups is 1. The Bertz CT molecular complexity index is 344. The van der Waals surface area contributed by atoms with E-state index in [4.69, 9.17) is 0 Å². The van der Waals surface area contributed by atoms with Crippen molar-refractivity contribution >= 4 is 11.3 Å². The summed E-state index contributed by atoms with van der Waals surface area (Å²) in [7, 11) is 0. The molecule has 0 saturated carbocycles.